The molecule has 0 aromatic carbocycles. The van der Waals surface area contributed by atoms with Gasteiger partial charge in [0.25, 0.3) is 0 Å². The maximum absolute atomic E-state index is 5.71. The molecule has 1 heterocycles. The number of nitrogens with two attached hydrogens (primary N) is 1. The van der Waals surface area contributed by atoms with Crippen molar-refractivity contribution in [2.24, 2.45) is 12.8 Å². The van der Waals surface area contributed by atoms with Gasteiger partial charge in [-0.05, 0) is 20.8 Å². The van der Waals surface area contributed by atoms with Gasteiger partial charge < -0.3 is 15.2 Å². The van der Waals surface area contributed by atoms with E-state index in [0.29, 0.717) is 19.8 Å². The molecule has 0 radical (unpaired) electrons. The lowest BCUT2D eigenvalue weighted by Gasteiger charge is -2.15. The van der Waals surface area contributed by atoms with Crippen LogP contribution in [-0.4, -0.2) is 35.6 Å². The number of aromatic nitrogens is 2. The summed E-state index contributed by atoms with van der Waals surface area (Å²) in [7, 11) is 1.90. The van der Waals surface area contributed by atoms with Gasteiger partial charge in [-0.15, -0.1) is 0 Å². The van der Waals surface area contributed by atoms with Gasteiger partial charge in [0.15, 0.2) is 5.75 Å². The molecule has 0 spiro atoms. The van der Waals surface area contributed by atoms with Crippen molar-refractivity contribution in [1.82, 2.24) is 9.78 Å². The Morgan fingerprint density at radius 2 is 2.12 bits per heavy atom. The Balaban J connectivity index is 2.59. The van der Waals surface area contributed by atoms with Gasteiger partial charge in [-0.1, -0.05) is 0 Å². The third-order valence-corrected chi connectivity index (χ3v) is 2.52. The van der Waals surface area contributed by atoms with Crippen LogP contribution in [0, 0.1) is 13.8 Å². The van der Waals surface area contributed by atoms with Crippen molar-refractivity contribution in [3.8, 4) is 5.75 Å². The molecule has 0 saturated heterocycles. The normalized spacial score (nSPS) is 12.8. The molecule has 16 heavy (non-hydrogen) atoms. The minimum Gasteiger partial charge on any atom is -0.487 e. The van der Waals surface area contributed by atoms with E-state index in [1.54, 1.807) is 0 Å². The monoisotopic (exact) mass is 227 g/mol. The molecule has 0 aliphatic heterocycles. The van der Waals surface area contributed by atoms with Gasteiger partial charge in [0.05, 0.1) is 5.69 Å². The third-order valence-electron chi connectivity index (χ3n) is 2.52. The van der Waals surface area contributed by atoms with Gasteiger partial charge in [0.1, 0.15) is 18.4 Å². The first kappa shape index (κ1) is 13.0. The molecule has 1 atom stereocenters. The van der Waals surface area contributed by atoms with Crippen LogP contribution in [0.4, 0.5) is 0 Å². The lowest BCUT2D eigenvalue weighted by Crippen LogP contribution is -2.30. The highest BCUT2D eigenvalue weighted by Gasteiger charge is 2.13. The summed E-state index contributed by atoms with van der Waals surface area (Å²) in [6, 6.07) is 0. The van der Waals surface area contributed by atoms with Crippen LogP contribution in [0.25, 0.3) is 0 Å². The van der Waals surface area contributed by atoms with E-state index in [-0.39, 0.29) is 6.10 Å². The van der Waals surface area contributed by atoms with Gasteiger partial charge in [0, 0.05) is 20.2 Å². The number of ether oxygens (including phenoxy) is 2. The van der Waals surface area contributed by atoms with Gasteiger partial charge >= 0.3 is 0 Å². The number of hydrogen-bond acceptors (Lipinski definition) is 4. The van der Waals surface area contributed by atoms with E-state index in [0.717, 1.165) is 17.1 Å². The summed E-state index contributed by atoms with van der Waals surface area (Å²) in [6.45, 7) is 7.44. The third kappa shape index (κ3) is 2.96. The lowest BCUT2D eigenvalue weighted by atomic mass is 10.3. The van der Waals surface area contributed by atoms with Gasteiger partial charge in [-0.2, -0.15) is 5.10 Å². The molecule has 0 aliphatic carbocycles. The van der Waals surface area contributed by atoms with Crippen molar-refractivity contribution >= 4 is 0 Å². The predicted molar refractivity (Wildman–Crippen MR) is 62.6 cm³/mol. The summed E-state index contributed by atoms with van der Waals surface area (Å²) in [5.74, 6) is 0.834. The molecule has 0 fully saturated rings. The second-order valence-electron chi connectivity index (χ2n) is 3.75. The first-order valence-corrected chi connectivity index (χ1v) is 5.54. The fraction of sp³-hybridized carbons (Fsp3) is 0.727. The summed E-state index contributed by atoms with van der Waals surface area (Å²) < 4.78 is 12.9. The largest absolute Gasteiger partial charge is 0.487 e. The van der Waals surface area contributed by atoms with Crippen molar-refractivity contribution < 1.29 is 9.47 Å². The zero-order chi connectivity index (χ0) is 12.1. The summed E-state index contributed by atoms with van der Waals surface area (Å²) in [6.07, 6.45) is -0.0518. The molecule has 0 bridgehead atoms. The van der Waals surface area contributed by atoms with Gasteiger partial charge in [0.2, 0.25) is 0 Å². The van der Waals surface area contributed by atoms with Crippen molar-refractivity contribution in [1.29, 1.82) is 0 Å². The molecule has 0 aliphatic rings. The average molecular weight is 227 g/mol. The molecule has 5 heteroatoms. The molecule has 1 rings (SSSR count). The van der Waals surface area contributed by atoms with Crippen LogP contribution < -0.4 is 10.5 Å². The van der Waals surface area contributed by atoms with Crippen LogP contribution in [0.5, 0.6) is 5.75 Å². The Labute approximate surface area is 96.5 Å². The van der Waals surface area contributed by atoms with E-state index >= 15 is 0 Å². The highest BCUT2D eigenvalue weighted by atomic mass is 16.5. The summed E-state index contributed by atoms with van der Waals surface area (Å²) in [4.78, 5) is 0. The summed E-state index contributed by atoms with van der Waals surface area (Å²) in [5, 5.41) is 4.28. The number of hydrogen-bond donors (Lipinski definition) is 1. The second-order valence-corrected chi connectivity index (χ2v) is 3.75. The van der Waals surface area contributed by atoms with Crippen molar-refractivity contribution in [3.63, 3.8) is 0 Å². The van der Waals surface area contributed by atoms with Crippen LogP contribution in [0.2, 0.25) is 0 Å². The Kier molecular flexibility index (Phi) is 4.76. The molecule has 5 nitrogen and oxygen atoms in total. The smallest absolute Gasteiger partial charge is 0.163 e. The molecule has 0 saturated carbocycles. The van der Waals surface area contributed by atoms with E-state index in [2.05, 4.69) is 5.10 Å². The second kappa shape index (κ2) is 5.86. The van der Waals surface area contributed by atoms with E-state index in [1.165, 1.54) is 0 Å². The Bertz CT molecular complexity index is 336. The molecule has 2 N–H and O–H groups in total. The van der Waals surface area contributed by atoms with Crippen LogP contribution in [0.1, 0.15) is 18.3 Å². The average Bonchev–Trinajstić information content (AvgIpc) is 2.49. The fourth-order valence-corrected chi connectivity index (χ4v) is 1.56. The first-order valence-electron chi connectivity index (χ1n) is 5.54. The molecular weight excluding hydrogens is 206 g/mol. The Morgan fingerprint density at radius 1 is 1.44 bits per heavy atom. The summed E-state index contributed by atoms with van der Waals surface area (Å²) >= 11 is 0. The molecular formula is C11H21N3O2. The zero-order valence-corrected chi connectivity index (χ0v) is 10.5. The highest BCUT2D eigenvalue weighted by Crippen LogP contribution is 2.21. The number of nitrogens with zero attached hydrogens (tertiary/aromatic N) is 2. The zero-order valence-electron chi connectivity index (χ0n) is 10.5. The molecule has 1 unspecified atom stereocenters. The predicted octanol–water partition coefficient (Wildman–Crippen LogP) is 0.780. The Morgan fingerprint density at radius 3 is 2.56 bits per heavy atom. The lowest BCUT2D eigenvalue weighted by molar-refractivity contribution is 0.0333. The van der Waals surface area contributed by atoms with E-state index in [4.69, 9.17) is 15.2 Å². The standard InChI is InChI=1S/C11H21N3O2/c1-5-15-10(6-12)7-16-11-8(2)13-14(4)9(11)3/h10H,5-7,12H2,1-4H3. The van der Waals surface area contributed by atoms with E-state index < -0.39 is 0 Å². The minimum absolute atomic E-state index is 0.0518. The fourth-order valence-electron chi connectivity index (χ4n) is 1.56. The molecule has 92 valence electrons. The van der Waals surface area contributed by atoms with Crippen LogP contribution >= 0.6 is 0 Å². The molecule has 0 amide bonds. The van der Waals surface area contributed by atoms with Crippen molar-refractivity contribution in [2.45, 2.75) is 26.9 Å². The number of rotatable bonds is 6. The SMILES string of the molecule is CCOC(CN)COc1c(C)nn(C)c1C. The first-order chi connectivity index (χ1) is 7.60. The topological polar surface area (TPSA) is 62.3 Å². The molecule has 1 aromatic rings. The minimum atomic E-state index is -0.0518. The maximum Gasteiger partial charge on any atom is 0.163 e. The Hall–Kier alpha value is -1.07. The van der Waals surface area contributed by atoms with E-state index in [1.807, 2.05) is 32.5 Å². The van der Waals surface area contributed by atoms with Gasteiger partial charge in [-0.3, -0.25) is 4.68 Å². The van der Waals surface area contributed by atoms with Crippen molar-refractivity contribution in [2.75, 3.05) is 19.8 Å². The maximum atomic E-state index is 5.71. The highest BCUT2D eigenvalue weighted by molar-refractivity contribution is 5.31. The summed E-state index contributed by atoms with van der Waals surface area (Å²) in [5.41, 5.74) is 7.49. The van der Waals surface area contributed by atoms with Crippen LogP contribution in [0.15, 0.2) is 0 Å². The van der Waals surface area contributed by atoms with E-state index in [9.17, 15) is 0 Å². The van der Waals surface area contributed by atoms with Gasteiger partial charge in [-0.25, -0.2) is 0 Å². The molecule has 1 aromatic heterocycles. The van der Waals surface area contributed by atoms with Crippen molar-refractivity contribution in [3.05, 3.63) is 11.4 Å². The van der Waals surface area contributed by atoms with Crippen LogP contribution in [-0.2, 0) is 11.8 Å². The van der Waals surface area contributed by atoms with Crippen LogP contribution in [0.3, 0.4) is 0 Å². The number of aryl methyl sites for hydroxylation is 2. The quantitative estimate of drug-likeness (QED) is 0.780.